The number of aliphatic hydroxyl groups is 1. The van der Waals surface area contributed by atoms with E-state index in [0.717, 1.165) is 19.5 Å². The Morgan fingerprint density at radius 1 is 0.947 bits per heavy atom. The molecular formula is C17H29NO. The average molecular weight is 263 g/mol. The van der Waals surface area contributed by atoms with E-state index in [9.17, 15) is 0 Å². The minimum Gasteiger partial charge on any atom is -0.396 e. The number of rotatable bonds is 6. The number of hydrogen-bond donors (Lipinski definition) is 2. The van der Waals surface area contributed by atoms with Crippen LogP contribution in [0.25, 0.3) is 0 Å². The van der Waals surface area contributed by atoms with Crippen LogP contribution >= 0.6 is 0 Å². The van der Waals surface area contributed by atoms with Gasteiger partial charge in [-0.1, -0.05) is 58.9 Å². The number of nitrogens with one attached hydrogen (secondary N) is 1. The summed E-state index contributed by atoms with van der Waals surface area (Å²) in [5.41, 5.74) is 3.06. The number of hydrogen-bond acceptors (Lipinski definition) is 2. The van der Waals surface area contributed by atoms with Gasteiger partial charge in [-0.3, -0.25) is 0 Å². The zero-order valence-electron chi connectivity index (χ0n) is 13.1. The molecule has 0 saturated heterocycles. The van der Waals surface area contributed by atoms with Crippen molar-refractivity contribution in [2.45, 2.75) is 51.9 Å². The standard InChI is InChI=1S/C17H29NO/c1-16(2,3)14-7-9-15(10-8-14)17(4,5)13-18-11-6-12-19/h7-10,18-19H,6,11-13H2,1-5H3. The molecule has 108 valence electrons. The van der Waals surface area contributed by atoms with E-state index in [1.807, 2.05) is 0 Å². The van der Waals surface area contributed by atoms with Gasteiger partial charge < -0.3 is 10.4 Å². The van der Waals surface area contributed by atoms with E-state index in [1.54, 1.807) is 0 Å². The van der Waals surface area contributed by atoms with Crippen molar-refractivity contribution in [1.29, 1.82) is 0 Å². The van der Waals surface area contributed by atoms with Crippen LogP contribution in [0.4, 0.5) is 0 Å². The van der Waals surface area contributed by atoms with Gasteiger partial charge in [0.1, 0.15) is 0 Å². The first-order valence-electron chi connectivity index (χ1n) is 7.20. The van der Waals surface area contributed by atoms with Crippen LogP contribution in [-0.4, -0.2) is 24.8 Å². The third kappa shape index (κ3) is 4.96. The Kier molecular flexibility index (Phi) is 5.57. The summed E-state index contributed by atoms with van der Waals surface area (Å²) in [6.07, 6.45) is 0.818. The lowest BCUT2D eigenvalue weighted by Gasteiger charge is -2.27. The largest absolute Gasteiger partial charge is 0.396 e. The molecule has 19 heavy (non-hydrogen) atoms. The second-order valence-corrected chi connectivity index (χ2v) is 6.97. The smallest absolute Gasteiger partial charge is 0.0443 e. The van der Waals surface area contributed by atoms with Crippen molar-refractivity contribution in [3.05, 3.63) is 35.4 Å². The lowest BCUT2D eigenvalue weighted by Crippen LogP contribution is -2.33. The van der Waals surface area contributed by atoms with Gasteiger partial charge in [-0.2, -0.15) is 0 Å². The highest BCUT2D eigenvalue weighted by Gasteiger charge is 2.21. The van der Waals surface area contributed by atoms with Crippen LogP contribution in [0, 0.1) is 0 Å². The van der Waals surface area contributed by atoms with Crippen molar-refractivity contribution >= 4 is 0 Å². The Labute approximate surface area is 118 Å². The minimum atomic E-state index is 0.117. The zero-order chi connectivity index (χ0) is 14.5. The molecule has 0 saturated carbocycles. The first-order chi connectivity index (χ1) is 8.77. The van der Waals surface area contributed by atoms with Crippen LogP contribution < -0.4 is 5.32 Å². The molecule has 0 heterocycles. The quantitative estimate of drug-likeness (QED) is 0.772. The zero-order valence-corrected chi connectivity index (χ0v) is 13.1. The van der Waals surface area contributed by atoms with Crippen LogP contribution in [0.1, 0.15) is 52.2 Å². The topological polar surface area (TPSA) is 32.3 Å². The van der Waals surface area contributed by atoms with Gasteiger partial charge in [0.25, 0.3) is 0 Å². The molecule has 1 aromatic rings. The lowest BCUT2D eigenvalue weighted by molar-refractivity contribution is 0.284. The number of aliphatic hydroxyl groups excluding tert-OH is 1. The maximum Gasteiger partial charge on any atom is 0.0443 e. The van der Waals surface area contributed by atoms with Crippen LogP contribution in [-0.2, 0) is 10.8 Å². The molecule has 0 bridgehead atoms. The highest BCUT2D eigenvalue weighted by molar-refractivity contribution is 5.31. The predicted molar refractivity (Wildman–Crippen MR) is 82.7 cm³/mol. The molecular weight excluding hydrogens is 234 g/mol. The van der Waals surface area contributed by atoms with Crippen molar-refractivity contribution in [3.63, 3.8) is 0 Å². The molecule has 0 amide bonds. The first kappa shape index (κ1) is 16.2. The van der Waals surface area contributed by atoms with Crippen molar-refractivity contribution in [2.24, 2.45) is 0 Å². The molecule has 0 fully saturated rings. The molecule has 2 nitrogen and oxygen atoms in total. The van der Waals surface area contributed by atoms with Crippen molar-refractivity contribution in [1.82, 2.24) is 5.32 Å². The van der Waals surface area contributed by atoms with Gasteiger partial charge in [-0.25, -0.2) is 0 Å². The van der Waals surface area contributed by atoms with Gasteiger partial charge in [0.2, 0.25) is 0 Å². The fourth-order valence-electron chi connectivity index (χ4n) is 2.13. The normalized spacial score (nSPS) is 12.7. The van der Waals surface area contributed by atoms with Gasteiger partial charge in [-0.05, 0) is 29.5 Å². The molecule has 1 rings (SSSR count). The highest BCUT2D eigenvalue weighted by atomic mass is 16.3. The summed E-state index contributed by atoms with van der Waals surface area (Å²) in [5, 5.41) is 12.2. The highest BCUT2D eigenvalue weighted by Crippen LogP contribution is 2.27. The van der Waals surface area contributed by atoms with E-state index < -0.39 is 0 Å². The summed E-state index contributed by atoms with van der Waals surface area (Å²) in [6.45, 7) is 13.3. The second kappa shape index (κ2) is 6.53. The van der Waals surface area contributed by atoms with E-state index >= 15 is 0 Å². The predicted octanol–water partition coefficient (Wildman–Crippen LogP) is 3.23. The van der Waals surface area contributed by atoms with Gasteiger partial charge in [0.05, 0.1) is 0 Å². The van der Waals surface area contributed by atoms with Gasteiger partial charge >= 0.3 is 0 Å². The van der Waals surface area contributed by atoms with Gasteiger partial charge in [0, 0.05) is 18.6 Å². The van der Waals surface area contributed by atoms with Gasteiger partial charge in [0.15, 0.2) is 0 Å². The summed E-state index contributed by atoms with van der Waals surface area (Å²) in [6, 6.07) is 8.97. The monoisotopic (exact) mass is 263 g/mol. The third-order valence-electron chi connectivity index (χ3n) is 3.61. The molecule has 0 aromatic heterocycles. The van der Waals surface area contributed by atoms with Crippen LogP contribution in [0.3, 0.4) is 0 Å². The fourth-order valence-corrected chi connectivity index (χ4v) is 2.13. The summed E-state index contributed by atoms with van der Waals surface area (Å²) in [4.78, 5) is 0. The summed E-state index contributed by atoms with van der Waals surface area (Å²) >= 11 is 0. The molecule has 2 N–H and O–H groups in total. The van der Waals surface area contributed by atoms with Crippen molar-refractivity contribution in [3.8, 4) is 0 Å². The Bertz CT molecular complexity index is 373. The molecule has 0 unspecified atom stereocenters. The molecule has 0 aliphatic heterocycles. The first-order valence-corrected chi connectivity index (χ1v) is 7.20. The summed E-state index contributed by atoms with van der Waals surface area (Å²) < 4.78 is 0. The maximum absolute atomic E-state index is 8.78. The molecule has 1 aromatic carbocycles. The maximum atomic E-state index is 8.78. The lowest BCUT2D eigenvalue weighted by atomic mass is 9.81. The molecule has 0 radical (unpaired) electrons. The summed E-state index contributed by atoms with van der Waals surface area (Å²) in [7, 11) is 0. The van der Waals surface area contributed by atoms with E-state index in [-0.39, 0.29) is 17.4 Å². The van der Waals surface area contributed by atoms with Crippen LogP contribution in [0.15, 0.2) is 24.3 Å². The molecule has 0 aliphatic rings. The molecule has 0 spiro atoms. The Balaban J connectivity index is 2.68. The van der Waals surface area contributed by atoms with E-state index in [0.29, 0.717) is 0 Å². The Morgan fingerprint density at radius 3 is 1.95 bits per heavy atom. The van der Waals surface area contributed by atoms with E-state index in [4.69, 9.17) is 5.11 Å². The molecule has 2 heteroatoms. The number of benzene rings is 1. The fraction of sp³-hybridized carbons (Fsp3) is 0.647. The van der Waals surface area contributed by atoms with E-state index in [2.05, 4.69) is 64.2 Å². The Morgan fingerprint density at radius 2 is 1.47 bits per heavy atom. The van der Waals surface area contributed by atoms with Crippen LogP contribution in [0.5, 0.6) is 0 Å². The van der Waals surface area contributed by atoms with Crippen molar-refractivity contribution < 1.29 is 5.11 Å². The SMILES string of the molecule is CC(C)(C)c1ccc(C(C)(C)CNCCCO)cc1. The second-order valence-electron chi connectivity index (χ2n) is 6.97. The van der Waals surface area contributed by atoms with Crippen molar-refractivity contribution in [2.75, 3.05) is 19.7 Å². The van der Waals surface area contributed by atoms with Crippen LogP contribution in [0.2, 0.25) is 0 Å². The Hall–Kier alpha value is -0.860. The third-order valence-corrected chi connectivity index (χ3v) is 3.61. The molecule has 0 aliphatic carbocycles. The minimum absolute atomic E-state index is 0.117. The summed E-state index contributed by atoms with van der Waals surface area (Å²) in [5.74, 6) is 0. The average Bonchev–Trinajstić information content (AvgIpc) is 2.34. The van der Waals surface area contributed by atoms with Gasteiger partial charge in [-0.15, -0.1) is 0 Å². The van der Waals surface area contributed by atoms with E-state index in [1.165, 1.54) is 11.1 Å². The molecule has 0 atom stereocenters.